The maximum Gasteiger partial charge on any atom is 0.210 e. The van der Waals surface area contributed by atoms with Crippen molar-refractivity contribution >= 4 is 44.5 Å². The van der Waals surface area contributed by atoms with Gasteiger partial charge in [0.1, 0.15) is 5.82 Å². The average molecular weight is 291 g/mol. The van der Waals surface area contributed by atoms with Crippen LogP contribution in [0.25, 0.3) is 10.2 Å². The molecule has 0 atom stereocenters. The molecule has 0 saturated carbocycles. The smallest absolute Gasteiger partial charge is 0.210 e. The zero-order valence-electron chi connectivity index (χ0n) is 9.68. The normalized spacial score (nSPS) is 11.5. The van der Waals surface area contributed by atoms with Gasteiger partial charge in [0.2, 0.25) is 5.13 Å². The summed E-state index contributed by atoms with van der Waals surface area (Å²) in [4.78, 5) is 8.59. The van der Waals surface area contributed by atoms with Crippen molar-refractivity contribution in [3.8, 4) is 0 Å². The SMILES string of the molecule is Fc1ccc2nc(N=Cc3ccccc3)sc2c1Cl. The third kappa shape index (κ3) is 2.50. The van der Waals surface area contributed by atoms with Gasteiger partial charge in [-0.05, 0) is 17.7 Å². The number of halogens is 2. The van der Waals surface area contributed by atoms with Gasteiger partial charge < -0.3 is 0 Å². The first-order valence-electron chi connectivity index (χ1n) is 5.58. The summed E-state index contributed by atoms with van der Waals surface area (Å²) in [5.41, 5.74) is 1.65. The van der Waals surface area contributed by atoms with E-state index in [0.29, 0.717) is 15.3 Å². The number of hydrogen-bond acceptors (Lipinski definition) is 3. The van der Waals surface area contributed by atoms with Gasteiger partial charge in [0, 0.05) is 6.21 Å². The van der Waals surface area contributed by atoms with Crippen molar-refractivity contribution in [3.63, 3.8) is 0 Å². The van der Waals surface area contributed by atoms with Gasteiger partial charge in [0.15, 0.2) is 0 Å². The quantitative estimate of drug-likeness (QED) is 0.620. The molecule has 0 spiro atoms. The molecular weight excluding hydrogens is 283 g/mol. The highest BCUT2D eigenvalue weighted by atomic mass is 35.5. The molecule has 2 nitrogen and oxygen atoms in total. The molecule has 0 aliphatic heterocycles. The third-order valence-electron chi connectivity index (χ3n) is 2.56. The lowest BCUT2D eigenvalue weighted by molar-refractivity contribution is 0.630. The standard InChI is InChI=1S/C14H8ClFN2S/c15-12-10(16)6-7-11-13(12)19-14(18-11)17-8-9-4-2-1-3-5-9/h1-8H. The second-order valence-electron chi connectivity index (χ2n) is 3.87. The van der Waals surface area contributed by atoms with Crippen LogP contribution >= 0.6 is 22.9 Å². The van der Waals surface area contributed by atoms with E-state index in [4.69, 9.17) is 11.6 Å². The number of aromatic nitrogens is 1. The van der Waals surface area contributed by atoms with E-state index >= 15 is 0 Å². The lowest BCUT2D eigenvalue weighted by Gasteiger charge is -1.92. The van der Waals surface area contributed by atoms with Crippen LogP contribution in [0.4, 0.5) is 9.52 Å². The maximum absolute atomic E-state index is 13.3. The molecule has 0 amide bonds. The van der Waals surface area contributed by atoms with Gasteiger partial charge >= 0.3 is 0 Å². The van der Waals surface area contributed by atoms with Crippen LogP contribution in [0.1, 0.15) is 5.56 Å². The van der Waals surface area contributed by atoms with E-state index in [2.05, 4.69) is 9.98 Å². The molecular formula is C14H8ClFN2S. The zero-order chi connectivity index (χ0) is 13.2. The number of thiazole rings is 1. The van der Waals surface area contributed by atoms with E-state index in [1.54, 1.807) is 12.3 Å². The number of aliphatic imine (C=N–C) groups is 1. The number of benzene rings is 2. The summed E-state index contributed by atoms with van der Waals surface area (Å²) in [5.74, 6) is -0.434. The van der Waals surface area contributed by atoms with Crippen molar-refractivity contribution in [2.75, 3.05) is 0 Å². The van der Waals surface area contributed by atoms with Crippen LogP contribution in [0.15, 0.2) is 47.5 Å². The molecule has 3 rings (SSSR count). The Morgan fingerprint density at radius 1 is 1.16 bits per heavy atom. The molecule has 1 aromatic heterocycles. The van der Waals surface area contributed by atoms with Crippen LogP contribution in [-0.4, -0.2) is 11.2 Å². The summed E-state index contributed by atoms with van der Waals surface area (Å²) in [5, 5.41) is 0.669. The molecule has 0 unspecified atom stereocenters. The third-order valence-corrected chi connectivity index (χ3v) is 4.04. The Morgan fingerprint density at radius 2 is 1.95 bits per heavy atom. The highest BCUT2D eigenvalue weighted by molar-refractivity contribution is 7.22. The van der Waals surface area contributed by atoms with E-state index in [0.717, 1.165) is 5.56 Å². The molecule has 3 aromatic rings. The number of hydrogen-bond donors (Lipinski definition) is 0. The summed E-state index contributed by atoms with van der Waals surface area (Å²) < 4.78 is 13.9. The number of nitrogens with zero attached hydrogens (tertiary/aromatic N) is 2. The van der Waals surface area contributed by atoms with Gasteiger partial charge in [-0.2, -0.15) is 0 Å². The highest BCUT2D eigenvalue weighted by Gasteiger charge is 2.10. The Balaban J connectivity index is 1.98. The molecule has 0 aliphatic carbocycles. The van der Waals surface area contributed by atoms with E-state index in [-0.39, 0.29) is 5.02 Å². The van der Waals surface area contributed by atoms with E-state index in [1.807, 2.05) is 30.3 Å². The maximum atomic E-state index is 13.3. The number of rotatable bonds is 2. The molecule has 0 saturated heterocycles. The van der Waals surface area contributed by atoms with Crippen LogP contribution in [0.3, 0.4) is 0 Å². The summed E-state index contributed by atoms with van der Waals surface area (Å²) in [6, 6.07) is 12.6. The van der Waals surface area contributed by atoms with Crippen molar-refractivity contribution in [1.82, 2.24) is 4.98 Å². The second-order valence-corrected chi connectivity index (χ2v) is 5.23. The van der Waals surface area contributed by atoms with E-state index in [9.17, 15) is 4.39 Å². The van der Waals surface area contributed by atoms with Crippen LogP contribution in [-0.2, 0) is 0 Å². The van der Waals surface area contributed by atoms with Gasteiger partial charge in [-0.25, -0.2) is 14.4 Å². The first kappa shape index (κ1) is 12.3. The number of fused-ring (bicyclic) bond motifs is 1. The zero-order valence-corrected chi connectivity index (χ0v) is 11.2. The van der Waals surface area contributed by atoms with Crippen molar-refractivity contribution in [2.45, 2.75) is 0 Å². The van der Waals surface area contributed by atoms with Gasteiger partial charge in [-0.3, -0.25) is 0 Å². The highest BCUT2D eigenvalue weighted by Crippen LogP contribution is 2.34. The Labute approximate surface area is 118 Å². The Morgan fingerprint density at radius 3 is 2.74 bits per heavy atom. The van der Waals surface area contributed by atoms with Crippen LogP contribution in [0.2, 0.25) is 5.02 Å². The predicted octanol–water partition coefficient (Wildman–Crippen LogP) is 4.84. The molecule has 19 heavy (non-hydrogen) atoms. The minimum absolute atomic E-state index is 0.108. The lowest BCUT2D eigenvalue weighted by Crippen LogP contribution is -1.77. The monoisotopic (exact) mass is 290 g/mol. The fourth-order valence-electron chi connectivity index (χ4n) is 1.65. The molecule has 0 radical (unpaired) electrons. The van der Waals surface area contributed by atoms with Crippen LogP contribution < -0.4 is 0 Å². The molecule has 1 heterocycles. The minimum atomic E-state index is -0.434. The Hall–Kier alpha value is -1.78. The average Bonchev–Trinajstić information content (AvgIpc) is 2.86. The van der Waals surface area contributed by atoms with Gasteiger partial charge in [0.25, 0.3) is 0 Å². The lowest BCUT2D eigenvalue weighted by atomic mass is 10.2. The fraction of sp³-hybridized carbons (Fsp3) is 0. The second kappa shape index (κ2) is 5.07. The van der Waals surface area contributed by atoms with Crippen molar-refractivity contribution in [3.05, 3.63) is 58.9 Å². The Kier molecular flexibility index (Phi) is 3.27. The van der Waals surface area contributed by atoms with Crippen molar-refractivity contribution in [1.29, 1.82) is 0 Å². The predicted molar refractivity (Wildman–Crippen MR) is 78.3 cm³/mol. The van der Waals surface area contributed by atoms with Crippen LogP contribution in [0.5, 0.6) is 0 Å². The Bertz CT molecular complexity index is 753. The molecule has 5 heteroatoms. The largest absolute Gasteiger partial charge is 0.227 e. The molecule has 2 aromatic carbocycles. The van der Waals surface area contributed by atoms with Gasteiger partial charge in [-0.15, -0.1) is 0 Å². The van der Waals surface area contributed by atoms with Crippen molar-refractivity contribution in [2.24, 2.45) is 4.99 Å². The molecule has 94 valence electrons. The first-order valence-corrected chi connectivity index (χ1v) is 6.77. The summed E-state index contributed by atoms with van der Waals surface area (Å²) >= 11 is 7.18. The van der Waals surface area contributed by atoms with Gasteiger partial charge in [-0.1, -0.05) is 53.3 Å². The topological polar surface area (TPSA) is 25.2 Å². The molecule has 0 fully saturated rings. The van der Waals surface area contributed by atoms with Crippen molar-refractivity contribution < 1.29 is 4.39 Å². The summed E-state index contributed by atoms with van der Waals surface area (Å²) in [6.45, 7) is 0. The first-order chi connectivity index (χ1) is 9.24. The van der Waals surface area contributed by atoms with E-state index in [1.165, 1.54) is 17.4 Å². The molecule has 0 bridgehead atoms. The van der Waals surface area contributed by atoms with Crippen LogP contribution in [0, 0.1) is 5.82 Å². The summed E-state index contributed by atoms with van der Waals surface area (Å²) in [6.07, 6.45) is 1.72. The minimum Gasteiger partial charge on any atom is -0.227 e. The summed E-state index contributed by atoms with van der Waals surface area (Å²) in [7, 11) is 0. The van der Waals surface area contributed by atoms with E-state index < -0.39 is 5.82 Å². The fourth-order valence-corrected chi connectivity index (χ4v) is 2.76. The van der Waals surface area contributed by atoms with Gasteiger partial charge in [0.05, 0.1) is 15.2 Å². The molecule has 0 aliphatic rings. The molecule has 0 N–H and O–H groups in total.